The number of morpholine rings is 1. The number of hydrogen-bond acceptors (Lipinski definition) is 6. The van der Waals surface area contributed by atoms with Crippen molar-refractivity contribution in [3.05, 3.63) is 51.4 Å². The largest absolute Gasteiger partial charge is 0.378 e. The summed E-state index contributed by atoms with van der Waals surface area (Å²) in [4.78, 5) is 34.5. The highest BCUT2D eigenvalue weighted by Gasteiger charge is 2.48. The first kappa shape index (κ1) is 32.0. The van der Waals surface area contributed by atoms with E-state index < -0.39 is 5.41 Å². The number of nitrogens with one attached hydrogen (secondary N) is 2. The molecular formula is C37H53N5O3S. The van der Waals surface area contributed by atoms with Crippen molar-refractivity contribution in [1.82, 2.24) is 20.0 Å². The number of amides is 3. The van der Waals surface area contributed by atoms with E-state index in [0.717, 1.165) is 45.4 Å². The minimum Gasteiger partial charge on any atom is -0.378 e. The van der Waals surface area contributed by atoms with Crippen LogP contribution >= 0.6 is 11.3 Å². The normalized spacial score (nSPS) is 26.8. The van der Waals surface area contributed by atoms with Gasteiger partial charge in [0.25, 0.3) is 0 Å². The molecular weight excluding hydrogens is 595 g/mol. The lowest BCUT2D eigenvalue weighted by molar-refractivity contribution is -0.137. The first-order valence-electron chi connectivity index (χ1n) is 17.8. The molecule has 0 radical (unpaired) electrons. The Bertz CT molecular complexity index is 1390. The Balaban J connectivity index is 1.02. The molecule has 5 aliphatic rings. The number of fused-ring (bicyclic) bond motifs is 3. The lowest BCUT2D eigenvalue weighted by Gasteiger charge is -2.34. The Morgan fingerprint density at radius 1 is 0.935 bits per heavy atom. The van der Waals surface area contributed by atoms with Crippen LogP contribution in [-0.4, -0.2) is 91.2 Å². The smallest absolute Gasteiger partial charge is 0.317 e. The van der Waals surface area contributed by atoms with Crippen molar-refractivity contribution in [3.63, 3.8) is 0 Å². The van der Waals surface area contributed by atoms with Crippen LogP contribution in [0, 0.1) is 19.8 Å². The lowest BCUT2D eigenvalue weighted by atomic mass is 9.84. The first-order valence-corrected chi connectivity index (χ1v) is 18.6. The van der Waals surface area contributed by atoms with Gasteiger partial charge in [0.1, 0.15) is 0 Å². The van der Waals surface area contributed by atoms with Gasteiger partial charge in [-0.25, -0.2) is 4.79 Å². The number of urea groups is 1. The number of anilines is 1. The molecule has 4 saturated heterocycles. The fourth-order valence-corrected chi connectivity index (χ4v) is 10.1. The Morgan fingerprint density at radius 2 is 1.59 bits per heavy atom. The van der Waals surface area contributed by atoms with Gasteiger partial charge in [0.15, 0.2) is 0 Å². The molecule has 3 amide bonds. The average Bonchev–Trinajstić information content (AvgIpc) is 3.83. The molecule has 7 rings (SSSR count). The molecule has 0 spiro atoms. The number of thiophene rings is 1. The van der Waals surface area contributed by atoms with Crippen LogP contribution in [0.3, 0.4) is 0 Å². The van der Waals surface area contributed by atoms with Crippen molar-refractivity contribution >= 4 is 28.3 Å². The number of aryl methyl sites for hydroxylation is 2. The molecule has 9 heteroatoms. The molecule has 2 unspecified atom stereocenters. The number of piperidine rings is 1. The average molecular weight is 648 g/mol. The van der Waals surface area contributed by atoms with Gasteiger partial charge in [-0.15, -0.1) is 11.3 Å². The van der Waals surface area contributed by atoms with Crippen LogP contribution in [-0.2, 0) is 14.9 Å². The molecule has 0 saturated carbocycles. The Hall–Kier alpha value is -2.62. The number of rotatable bonds is 8. The van der Waals surface area contributed by atoms with Gasteiger partial charge in [-0.3, -0.25) is 4.79 Å². The van der Waals surface area contributed by atoms with Crippen LogP contribution < -0.4 is 10.6 Å². The Labute approximate surface area is 279 Å². The maximum Gasteiger partial charge on any atom is 0.317 e. The molecule has 250 valence electrons. The minimum atomic E-state index is -0.513. The molecule has 1 aromatic carbocycles. The Kier molecular flexibility index (Phi) is 9.11. The van der Waals surface area contributed by atoms with E-state index in [-0.39, 0.29) is 12.1 Å². The fraction of sp³-hybridized carbons (Fsp3) is 0.676. The van der Waals surface area contributed by atoms with E-state index in [4.69, 9.17) is 4.74 Å². The molecule has 0 aliphatic carbocycles. The van der Waals surface area contributed by atoms with Crippen LogP contribution in [0.25, 0.3) is 0 Å². The van der Waals surface area contributed by atoms with Gasteiger partial charge in [0, 0.05) is 42.5 Å². The van der Waals surface area contributed by atoms with Gasteiger partial charge in [-0.05, 0) is 115 Å². The third-order valence-corrected chi connectivity index (χ3v) is 13.0. The number of carbonyl (C=O) groups excluding carboxylic acids is 2. The maximum atomic E-state index is 14.0. The van der Waals surface area contributed by atoms with E-state index in [9.17, 15) is 9.59 Å². The molecule has 5 aliphatic heterocycles. The highest BCUT2D eigenvalue weighted by molar-refractivity contribution is 7.16. The van der Waals surface area contributed by atoms with E-state index in [1.807, 2.05) is 16.2 Å². The van der Waals surface area contributed by atoms with Crippen molar-refractivity contribution in [2.75, 3.05) is 57.8 Å². The summed E-state index contributed by atoms with van der Waals surface area (Å²) >= 11 is 1.81. The van der Waals surface area contributed by atoms with E-state index >= 15 is 0 Å². The summed E-state index contributed by atoms with van der Waals surface area (Å²) < 4.78 is 5.39. The number of carbonyl (C=O) groups is 2. The SMILES string of the molecule is Cc1cc(C)cc(C2Nc3sc(C(C)(C)C(=O)N4C5CCC4CC5)cc3C2CCN2CCC(CNC(=O)N3CCOCC3)CC2)c1. The van der Waals surface area contributed by atoms with Crippen molar-refractivity contribution in [3.8, 4) is 0 Å². The predicted molar refractivity (Wildman–Crippen MR) is 185 cm³/mol. The molecule has 2 bridgehead atoms. The van der Waals surface area contributed by atoms with Gasteiger partial charge < -0.3 is 30.1 Å². The van der Waals surface area contributed by atoms with Gasteiger partial charge in [0.2, 0.25) is 5.91 Å². The van der Waals surface area contributed by atoms with E-state index in [2.05, 4.69) is 72.4 Å². The molecule has 2 aromatic rings. The minimum absolute atomic E-state index is 0.0560. The molecule has 4 fully saturated rings. The van der Waals surface area contributed by atoms with E-state index in [1.165, 1.54) is 57.8 Å². The van der Waals surface area contributed by atoms with Crippen molar-refractivity contribution in [2.24, 2.45) is 5.92 Å². The summed E-state index contributed by atoms with van der Waals surface area (Å²) in [5.41, 5.74) is 4.87. The monoisotopic (exact) mass is 647 g/mol. The molecule has 1 aromatic heterocycles. The zero-order valence-electron chi connectivity index (χ0n) is 28.3. The zero-order chi connectivity index (χ0) is 32.0. The standard InChI is InChI=1S/C37H53N5O3S/c1-24-19-25(2)21-27(20-24)33-30(11-14-40-12-9-26(10-13-40)23-38-36(44)41-15-17-45-18-16-41)31-22-32(46-34(31)39-33)37(3,4)35(43)42-28-5-6-29(42)8-7-28/h19-22,26,28-30,33,39H,5-18,23H2,1-4H3,(H,38,44). The van der Waals surface area contributed by atoms with Crippen molar-refractivity contribution in [1.29, 1.82) is 0 Å². The third-order valence-electron chi connectivity index (χ3n) is 11.6. The summed E-state index contributed by atoms with van der Waals surface area (Å²) in [6.07, 6.45) is 8.02. The predicted octanol–water partition coefficient (Wildman–Crippen LogP) is 6.19. The van der Waals surface area contributed by atoms with Crippen LogP contribution in [0.15, 0.2) is 24.3 Å². The van der Waals surface area contributed by atoms with Crippen LogP contribution in [0.5, 0.6) is 0 Å². The van der Waals surface area contributed by atoms with Gasteiger partial charge >= 0.3 is 6.03 Å². The van der Waals surface area contributed by atoms with Crippen LogP contribution in [0.2, 0.25) is 0 Å². The number of nitrogens with zero attached hydrogens (tertiary/aromatic N) is 3. The second-order valence-corrected chi connectivity index (χ2v) is 16.3. The van der Waals surface area contributed by atoms with Crippen LogP contribution in [0.1, 0.15) is 97.9 Å². The topological polar surface area (TPSA) is 77.2 Å². The molecule has 46 heavy (non-hydrogen) atoms. The second kappa shape index (κ2) is 13.1. The summed E-state index contributed by atoms with van der Waals surface area (Å²) in [6.45, 7) is 15.3. The number of likely N-dealkylation sites (tertiary alicyclic amines) is 1. The summed E-state index contributed by atoms with van der Waals surface area (Å²) in [7, 11) is 0. The number of hydrogen-bond donors (Lipinski definition) is 2. The van der Waals surface area contributed by atoms with Gasteiger partial charge in [-0.2, -0.15) is 0 Å². The van der Waals surface area contributed by atoms with Crippen LogP contribution in [0.4, 0.5) is 9.80 Å². The zero-order valence-corrected chi connectivity index (χ0v) is 29.1. The molecule has 2 N–H and O–H groups in total. The lowest BCUT2D eigenvalue weighted by Crippen LogP contribution is -2.48. The molecule has 8 nitrogen and oxygen atoms in total. The Morgan fingerprint density at radius 3 is 2.24 bits per heavy atom. The summed E-state index contributed by atoms with van der Waals surface area (Å²) in [5, 5.41) is 8.40. The molecule has 2 atom stereocenters. The first-order chi connectivity index (χ1) is 22.2. The second-order valence-electron chi connectivity index (χ2n) is 15.2. The number of ether oxygens (including phenoxy) is 1. The highest BCUT2D eigenvalue weighted by Crippen LogP contribution is 2.52. The van der Waals surface area contributed by atoms with Gasteiger partial charge in [-0.1, -0.05) is 29.3 Å². The summed E-state index contributed by atoms with van der Waals surface area (Å²) in [6, 6.07) is 10.6. The summed E-state index contributed by atoms with van der Waals surface area (Å²) in [5.74, 6) is 1.22. The van der Waals surface area contributed by atoms with Crippen molar-refractivity contribution in [2.45, 2.75) is 102 Å². The van der Waals surface area contributed by atoms with Crippen molar-refractivity contribution < 1.29 is 14.3 Å². The van der Waals surface area contributed by atoms with E-state index in [0.29, 0.717) is 56.1 Å². The fourth-order valence-electron chi connectivity index (χ4n) is 8.87. The quantitative estimate of drug-likeness (QED) is 0.358. The number of benzene rings is 1. The van der Waals surface area contributed by atoms with Gasteiger partial charge in [0.05, 0.1) is 29.7 Å². The third kappa shape index (κ3) is 6.31. The molecule has 6 heterocycles. The highest BCUT2D eigenvalue weighted by atomic mass is 32.1. The van der Waals surface area contributed by atoms with E-state index in [1.54, 1.807) is 0 Å². The maximum absolute atomic E-state index is 14.0.